The first-order valence-electron chi connectivity index (χ1n) is 7.33. The second-order valence-electron chi connectivity index (χ2n) is 5.44. The summed E-state index contributed by atoms with van der Waals surface area (Å²) in [6, 6.07) is 14.0. The minimum Gasteiger partial charge on any atom is -0.399 e. The molecule has 0 amide bonds. The fourth-order valence-electron chi connectivity index (χ4n) is 2.68. The lowest BCUT2D eigenvalue weighted by Crippen LogP contribution is -2.48. The van der Waals surface area contributed by atoms with Crippen LogP contribution in [0.1, 0.15) is 0 Å². The summed E-state index contributed by atoms with van der Waals surface area (Å²) in [7, 11) is -3.50. The summed E-state index contributed by atoms with van der Waals surface area (Å²) < 4.78 is 26.8. The maximum Gasteiger partial charge on any atom is 0.243 e. The third kappa shape index (κ3) is 3.44. The number of hydrogen-bond acceptors (Lipinski definition) is 4. The lowest BCUT2D eigenvalue weighted by Gasteiger charge is -2.35. The highest BCUT2D eigenvalue weighted by atomic mass is 35.5. The SMILES string of the molecule is Nc1cccc(S(=O)(=O)N2CCN(c3cccc(Cl)c3)CC2)c1. The van der Waals surface area contributed by atoms with Gasteiger partial charge in [0.2, 0.25) is 10.0 Å². The Morgan fingerprint density at radius 1 is 0.957 bits per heavy atom. The predicted octanol–water partition coefficient (Wildman–Crippen LogP) is 2.43. The van der Waals surface area contributed by atoms with Gasteiger partial charge in [-0.15, -0.1) is 0 Å². The van der Waals surface area contributed by atoms with E-state index in [-0.39, 0.29) is 4.90 Å². The van der Waals surface area contributed by atoms with Gasteiger partial charge in [0.1, 0.15) is 0 Å². The fraction of sp³-hybridized carbons (Fsp3) is 0.250. The van der Waals surface area contributed by atoms with Crippen molar-refractivity contribution in [1.29, 1.82) is 0 Å². The van der Waals surface area contributed by atoms with Crippen LogP contribution in [-0.4, -0.2) is 38.9 Å². The Kier molecular flexibility index (Phi) is 4.48. The van der Waals surface area contributed by atoms with Crippen LogP contribution in [0.5, 0.6) is 0 Å². The number of nitrogens with zero attached hydrogens (tertiary/aromatic N) is 2. The zero-order valence-corrected chi connectivity index (χ0v) is 14.1. The van der Waals surface area contributed by atoms with Gasteiger partial charge in [-0.2, -0.15) is 4.31 Å². The molecule has 3 rings (SSSR count). The van der Waals surface area contributed by atoms with Gasteiger partial charge in [-0.05, 0) is 36.4 Å². The lowest BCUT2D eigenvalue weighted by atomic mass is 10.2. The van der Waals surface area contributed by atoms with E-state index >= 15 is 0 Å². The lowest BCUT2D eigenvalue weighted by molar-refractivity contribution is 0.385. The average Bonchev–Trinajstić information content (AvgIpc) is 2.55. The molecule has 2 N–H and O–H groups in total. The van der Waals surface area contributed by atoms with E-state index in [4.69, 9.17) is 17.3 Å². The Hall–Kier alpha value is -1.76. The first-order valence-corrected chi connectivity index (χ1v) is 9.15. The Morgan fingerprint density at radius 2 is 1.65 bits per heavy atom. The molecule has 1 saturated heterocycles. The fourth-order valence-corrected chi connectivity index (χ4v) is 4.35. The van der Waals surface area contributed by atoms with E-state index < -0.39 is 10.0 Å². The van der Waals surface area contributed by atoms with E-state index in [1.54, 1.807) is 18.2 Å². The molecule has 122 valence electrons. The van der Waals surface area contributed by atoms with Gasteiger partial charge in [-0.25, -0.2) is 8.42 Å². The molecule has 0 unspecified atom stereocenters. The standard InChI is InChI=1S/C16H18ClN3O2S/c17-13-3-1-5-15(11-13)19-7-9-20(10-8-19)23(21,22)16-6-2-4-14(18)12-16/h1-6,11-12H,7-10,18H2. The Bertz CT molecular complexity index is 802. The van der Waals surface area contributed by atoms with Crippen molar-refractivity contribution in [3.8, 4) is 0 Å². The molecular formula is C16H18ClN3O2S. The van der Waals surface area contributed by atoms with E-state index in [9.17, 15) is 8.42 Å². The quantitative estimate of drug-likeness (QED) is 0.862. The number of piperazine rings is 1. The van der Waals surface area contributed by atoms with Gasteiger partial charge >= 0.3 is 0 Å². The summed E-state index contributed by atoms with van der Waals surface area (Å²) >= 11 is 6.02. The summed E-state index contributed by atoms with van der Waals surface area (Å²) in [5.74, 6) is 0. The maximum absolute atomic E-state index is 12.7. The van der Waals surface area contributed by atoms with Gasteiger partial charge in [0, 0.05) is 42.6 Å². The molecule has 7 heteroatoms. The number of sulfonamides is 1. The molecule has 0 aromatic heterocycles. The van der Waals surface area contributed by atoms with Crippen LogP contribution in [0.3, 0.4) is 0 Å². The van der Waals surface area contributed by atoms with Gasteiger partial charge < -0.3 is 10.6 Å². The molecule has 23 heavy (non-hydrogen) atoms. The molecule has 0 radical (unpaired) electrons. The second-order valence-corrected chi connectivity index (χ2v) is 7.82. The van der Waals surface area contributed by atoms with Crippen molar-refractivity contribution in [1.82, 2.24) is 4.31 Å². The van der Waals surface area contributed by atoms with Gasteiger partial charge in [0.05, 0.1) is 4.90 Å². The third-order valence-corrected chi connectivity index (χ3v) is 6.04. The van der Waals surface area contributed by atoms with Crippen molar-refractivity contribution in [2.24, 2.45) is 0 Å². The number of hydrogen-bond donors (Lipinski definition) is 1. The van der Waals surface area contributed by atoms with Gasteiger partial charge in [0.25, 0.3) is 0 Å². The van der Waals surface area contributed by atoms with Crippen molar-refractivity contribution in [3.63, 3.8) is 0 Å². The molecule has 2 aromatic carbocycles. The molecule has 0 spiro atoms. The molecule has 0 aliphatic carbocycles. The van der Waals surface area contributed by atoms with Crippen LogP contribution < -0.4 is 10.6 Å². The van der Waals surface area contributed by atoms with E-state index in [0.29, 0.717) is 36.9 Å². The molecule has 1 fully saturated rings. The highest BCUT2D eigenvalue weighted by Gasteiger charge is 2.28. The molecule has 0 atom stereocenters. The topological polar surface area (TPSA) is 66.6 Å². The van der Waals surface area contributed by atoms with Crippen molar-refractivity contribution in [2.75, 3.05) is 36.8 Å². The normalized spacial score (nSPS) is 16.5. The van der Waals surface area contributed by atoms with E-state index in [2.05, 4.69) is 4.90 Å². The van der Waals surface area contributed by atoms with Crippen LogP contribution in [0.15, 0.2) is 53.4 Å². The van der Waals surface area contributed by atoms with E-state index in [1.165, 1.54) is 10.4 Å². The number of nitrogen functional groups attached to an aromatic ring is 1. The van der Waals surface area contributed by atoms with E-state index in [1.807, 2.05) is 24.3 Å². The first-order chi connectivity index (χ1) is 11.0. The predicted molar refractivity (Wildman–Crippen MR) is 93.3 cm³/mol. The molecule has 0 saturated carbocycles. The highest BCUT2D eigenvalue weighted by Crippen LogP contribution is 2.24. The van der Waals surface area contributed by atoms with Gasteiger partial charge in [0.15, 0.2) is 0 Å². The Balaban J connectivity index is 1.73. The van der Waals surface area contributed by atoms with Crippen molar-refractivity contribution < 1.29 is 8.42 Å². The molecule has 0 bridgehead atoms. The largest absolute Gasteiger partial charge is 0.399 e. The molecular weight excluding hydrogens is 334 g/mol. The van der Waals surface area contributed by atoms with Gasteiger partial charge in [-0.3, -0.25) is 0 Å². The average molecular weight is 352 g/mol. The first kappa shape index (κ1) is 16.1. The minimum absolute atomic E-state index is 0.244. The van der Waals surface area contributed by atoms with Crippen molar-refractivity contribution in [3.05, 3.63) is 53.6 Å². The Labute approximate surface area is 141 Å². The monoisotopic (exact) mass is 351 g/mol. The van der Waals surface area contributed by atoms with Crippen molar-refractivity contribution >= 4 is 33.0 Å². The van der Waals surface area contributed by atoms with Crippen LogP contribution >= 0.6 is 11.6 Å². The van der Waals surface area contributed by atoms with Crippen LogP contribution in [0.2, 0.25) is 5.02 Å². The molecule has 1 aliphatic heterocycles. The molecule has 1 heterocycles. The van der Waals surface area contributed by atoms with Gasteiger partial charge in [-0.1, -0.05) is 23.7 Å². The summed E-state index contributed by atoms with van der Waals surface area (Å²) in [6.07, 6.45) is 0. The number of benzene rings is 2. The zero-order valence-electron chi connectivity index (χ0n) is 12.5. The number of halogens is 1. The minimum atomic E-state index is -3.50. The van der Waals surface area contributed by atoms with Crippen molar-refractivity contribution in [2.45, 2.75) is 4.90 Å². The summed E-state index contributed by atoms with van der Waals surface area (Å²) in [4.78, 5) is 2.38. The molecule has 1 aliphatic rings. The Morgan fingerprint density at radius 3 is 2.30 bits per heavy atom. The molecule has 2 aromatic rings. The zero-order chi connectivity index (χ0) is 16.4. The summed E-state index contributed by atoms with van der Waals surface area (Å²) in [5.41, 5.74) is 7.15. The third-order valence-electron chi connectivity index (χ3n) is 3.91. The highest BCUT2D eigenvalue weighted by molar-refractivity contribution is 7.89. The smallest absolute Gasteiger partial charge is 0.243 e. The summed E-state index contributed by atoms with van der Waals surface area (Å²) in [5, 5.41) is 0.678. The number of anilines is 2. The number of rotatable bonds is 3. The summed E-state index contributed by atoms with van der Waals surface area (Å²) in [6.45, 7) is 2.12. The van der Waals surface area contributed by atoms with E-state index in [0.717, 1.165) is 5.69 Å². The molecule has 5 nitrogen and oxygen atoms in total. The second kappa shape index (κ2) is 6.39. The number of nitrogens with two attached hydrogens (primary N) is 1. The van der Waals surface area contributed by atoms with Crippen LogP contribution in [-0.2, 0) is 10.0 Å². The van der Waals surface area contributed by atoms with Crippen LogP contribution in [0.4, 0.5) is 11.4 Å². The van der Waals surface area contributed by atoms with Crippen LogP contribution in [0.25, 0.3) is 0 Å². The van der Waals surface area contributed by atoms with Crippen LogP contribution in [0, 0.1) is 0 Å². The maximum atomic E-state index is 12.7.